The van der Waals surface area contributed by atoms with Crippen LogP contribution in [0.25, 0.3) is 0 Å². The van der Waals surface area contributed by atoms with Crippen molar-refractivity contribution in [2.75, 3.05) is 20.2 Å². The minimum Gasteiger partial charge on any atom is -0.352 e. The van der Waals surface area contributed by atoms with Gasteiger partial charge in [-0.2, -0.15) is 0 Å². The maximum Gasteiger partial charge on any atom is 0.178 e. The molecule has 0 aromatic heterocycles. The standard InChI is InChI=1S/C14H21NO2/c1-12-9-15(11-14(2,16-3)17-12)10-13-7-5-4-6-8-13/h4-8,12H,9-11H2,1-3H3/t12-,14+/m0/s1. The largest absolute Gasteiger partial charge is 0.352 e. The summed E-state index contributed by atoms with van der Waals surface area (Å²) in [5, 5.41) is 0. The van der Waals surface area contributed by atoms with Crippen molar-refractivity contribution in [3.63, 3.8) is 0 Å². The highest BCUT2D eigenvalue weighted by Gasteiger charge is 2.35. The lowest BCUT2D eigenvalue weighted by molar-refractivity contribution is -0.267. The summed E-state index contributed by atoms with van der Waals surface area (Å²) in [6.07, 6.45) is 0.206. The molecule has 1 aromatic carbocycles. The second kappa shape index (κ2) is 5.17. The van der Waals surface area contributed by atoms with Gasteiger partial charge in [0.15, 0.2) is 5.79 Å². The van der Waals surface area contributed by atoms with Gasteiger partial charge < -0.3 is 9.47 Å². The fourth-order valence-electron chi connectivity index (χ4n) is 2.41. The second-order valence-electron chi connectivity index (χ2n) is 4.92. The van der Waals surface area contributed by atoms with Crippen LogP contribution in [0.5, 0.6) is 0 Å². The fraction of sp³-hybridized carbons (Fsp3) is 0.571. The summed E-state index contributed by atoms with van der Waals surface area (Å²) in [5.41, 5.74) is 1.33. The molecular formula is C14H21NO2. The number of hydrogen-bond donors (Lipinski definition) is 0. The van der Waals surface area contributed by atoms with Crippen molar-refractivity contribution < 1.29 is 9.47 Å². The predicted molar refractivity (Wildman–Crippen MR) is 67.7 cm³/mol. The number of rotatable bonds is 3. The van der Waals surface area contributed by atoms with E-state index in [2.05, 4.69) is 36.1 Å². The molecule has 0 unspecified atom stereocenters. The van der Waals surface area contributed by atoms with Crippen LogP contribution in [0.1, 0.15) is 19.4 Å². The van der Waals surface area contributed by atoms with Crippen LogP contribution < -0.4 is 0 Å². The molecule has 0 N–H and O–H groups in total. The molecule has 1 heterocycles. The van der Waals surface area contributed by atoms with E-state index in [9.17, 15) is 0 Å². The van der Waals surface area contributed by atoms with Crippen LogP contribution in [-0.2, 0) is 16.0 Å². The van der Waals surface area contributed by atoms with E-state index in [1.807, 2.05) is 13.0 Å². The first kappa shape index (κ1) is 12.6. The molecule has 0 saturated carbocycles. The van der Waals surface area contributed by atoms with Gasteiger partial charge in [0.25, 0.3) is 0 Å². The second-order valence-corrected chi connectivity index (χ2v) is 4.92. The van der Waals surface area contributed by atoms with Crippen LogP contribution in [0, 0.1) is 0 Å². The molecule has 0 spiro atoms. The Balaban J connectivity index is 2.01. The van der Waals surface area contributed by atoms with Gasteiger partial charge >= 0.3 is 0 Å². The van der Waals surface area contributed by atoms with Crippen LogP contribution in [0.4, 0.5) is 0 Å². The van der Waals surface area contributed by atoms with E-state index in [1.165, 1.54) is 5.56 Å². The van der Waals surface area contributed by atoms with Gasteiger partial charge in [0.05, 0.1) is 12.6 Å². The third kappa shape index (κ3) is 3.28. The molecule has 2 rings (SSSR count). The van der Waals surface area contributed by atoms with E-state index < -0.39 is 5.79 Å². The third-order valence-corrected chi connectivity index (χ3v) is 3.16. The SMILES string of the molecule is CO[C@@]1(C)CN(Cc2ccccc2)C[C@H](C)O1. The topological polar surface area (TPSA) is 21.7 Å². The lowest BCUT2D eigenvalue weighted by atomic mass is 10.1. The van der Waals surface area contributed by atoms with Gasteiger partial charge in [0.1, 0.15) is 0 Å². The summed E-state index contributed by atoms with van der Waals surface area (Å²) in [5.74, 6) is -0.480. The van der Waals surface area contributed by atoms with Crippen molar-refractivity contribution >= 4 is 0 Å². The van der Waals surface area contributed by atoms with Gasteiger partial charge in [0, 0.05) is 20.2 Å². The zero-order chi connectivity index (χ0) is 12.3. The van der Waals surface area contributed by atoms with Gasteiger partial charge in [-0.1, -0.05) is 30.3 Å². The minimum absolute atomic E-state index is 0.206. The molecule has 1 saturated heterocycles. The number of hydrogen-bond acceptors (Lipinski definition) is 3. The molecule has 1 aliphatic rings. The van der Waals surface area contributed by atoms with Crippen molar-refractivity contribution in [2.45, 2.75) is 32.3 Å². The highest BCUT2D eigenvalue weighted by atomic mass is 16.7. The Morgan fingerprint density at radius 3 is 2.76 bits per heavy atom. The molecule has 1 aromatic rings. The van der Waals surface area contributed by atoms with E-state index in [0.717, 1.165) is 19.6 Å². The molecule has 94 valence electrons. The molecule has 3 nitrogen and oxygen atoms in total. The van der Waals surface area contributed by atoms with E-state index >= 15 is 0 Å². The van der Waals surface area contributed by atoms with Crippen LogP contribution >= 0.6 is 0 Å². The maximum atomic E-state index is 5.83. The molecule has 0 amide bonds. The average molecular weight is 235 g/mol. The Hall–Kier alpha value is -0.900. The summed E-state index contributed by atoms with van der Waals surface area (Å²) in [6, 6.07) is 10.5. The zero-order valence-electron chi connectivity index (χ0n) is 10.8. The Morgan fingerprint density at radius 2 is 2.12 bits per heavy atom. The summed E-state index contributed by atoms with van der Waals surface area (Å²) in [7, 11) is 1.71. The molecule has 1 aliphatic heterocycles. The first-order valence-electron chi connectivity index (χ1n) is 6.10. The van der Waals surface area contributed by atoms with Crippen LogP contribution in [0.3, 0.4) is 0 Å². The third-order valence-electron chi connectivity index (χ3n) is 3.16. The van der Waals surface area contributed by atoms with E-state index in [1.54, 1.807) is 7.11 Å². The predicted octanol–water partition coefficient (Wildman–Crippen LogP) is 2.27. The minimum atomic E-state index is -0.480. The molecule has 17 heavy (non-hydrogen) atoms. The quantitative estimate of drug-likeness (QED) is 0.802. The van der Waals surface area contributed by atoms with Gasteiger partial charge in [-0.15, -0.1) is 0 Å². The van der Waals surface area contributed by atoms with Crippen molar-refractivity contribution in [1.82, 2.24) is 4.90 Å². The van der Waals surface area contributed by atoms with Crippen LogP contribution in [-0.4, -0.2) is 37.0 Å². The first-order valence-corrected chi connectivity index (χ1v) is 6.10. The molecule has 2 atom stereocenters. The Labute approximate surface area is 103 Å². The van der Waals surface area contributed by atoms with Crippen molar-refractivity contribution in [2.24, 2.45) is 0 Å². The van der Waals surface area contributed by atoms with Crippen molar-refractivity contribution in [3.05, 3.63) is 35.9 Å². The number of benzene rings is 1. The summed E-state index contributed by atoms with van der Waals surface area (Å²) in [4.78, 5) is 2.38. The normalized spacial score (nSPS) is 30.4. The van der Waals surface area contributed by atoms with Crippen LogP contribution in [0.2, 0.25) is 0 Å². The first-order chi connectivity index (χ1) is 8.11. The Morgan fingerprint density at radius 1 is 1.41 bits per heavy atom. The van der Waals surface area contributed by atoms with Gasteiger partial charge in [-0.3, -0.25) is 4.90 Å². The lowest BCUT2D eigenvalue weighted by Gasteiger charge is -2.42. The zero-order valence-corrected chi connectivity index (χ0v) is 10.8. The van der Waals surface area contributed by atoms with E-state index in [-0.39, 0.29) is 6.10 Å². The molecule has 0 aliphatic carbocycles. The van der Waals surface area contributed by atoms with Gasteiger partial charge in [-0.05, 0) is 19.4 Å². The molecule has 0 radical (unpaired) electrons. The lowest BCUT2D eigenvalue weighted by Crippen LogP contribution is -2.53. The number of ether oxygens (including phenoxy) is 2. The van der Waals surface area contributed by atoms with E-state index in [0.29, 0.717) is 0 Å². The monoisotopic (exact) mass is 235 g/mol. The maximum absolute atomic E-state index is 5.83. The number of morpholine rings is 1. The number of methoxy groups -OCH3 is 1. The summed E-state index contributed by atoms with van der Waals surface area (Å²) >= 11 is 0. The Kier molecular flexibility index (Phi) is 3.82. The highest BCUT2D eigenvalue weighted by molar-refractivity contribution is 5.14. The van der Waals surface area contributed by atoms with Crippen LogP contribution in [0.15, 0.2) is 30.3 Å². The van der Waals surface area contributed by atoms with Gasteiger partial charge in [-0.25, -0.2) is 0 Å². The fourth-order valence-corrected chi connectivity index (χ4v) is 2.41. The average Bonchev–Trinajstić information content (AvgIpc) is 2.29. The molecule has 3 heteroatoms. The van der Waals surface area contributed by atoms with Crippen molar-refractivity contribution in [3.8, 4) is 0 Å². The van der Waals surface area contributed by atoms with Gasteiger partial charge in [0.2, 0.25) is 0 Å². The molecule has 0 bridgehead atoms. The smallest absolute Gasteiger partial charge is 0.178 e. The highest BCUT2D eigenvalue weighted by Crippen LogP contribution is 2.23. The molecule has 1 fully saturated rings. The van der Waals surface area contributed by atoms with Crippen molar-refractivity contribution in [1.29, 1.82) is 0 Å². The molecular weight excluding hydrogens is 214 g/mol. The summed E-state index contributed by atoms with van der Waals surface area (Å²) in [6.45, 7) is 6.80. The Bertz CT molecular complexity index is 354. The summed E-state index contributed by atoms with van der Waals surface area (Å²) < 4.78 is 11.3. The number of nitrogens with zero attached hydrogens (tertiary/aromatic N) is 1. The van der Waals surface area contributed by atoms with E-state index in [4.69, 9.17) is 9.47 Å².